The van der Waals surface area contributed by atoms with Crippen LogP contribution in [0.3, 0.4) is 0 Å². The first kappa shape index (κ1) is 25.2. The van der Waals surface area contributed by atoms with E-state index in [9.17, 15) is 5.11 Å². The summed E-state index contributed by atoms with van der Waals surface area (Å²) in [6, 6.07) is 21.7. The summed E-state index contributed by atoms with van der Waals surface area (Å²) in [6.07, 6.45) is 9.53. The third kappa shape index (κ3) is 6.39. The zero-order valence-electron chi connectivity index (χ0n) is 21.7. The van der Waals surface area contributed by atoms with E-state index in [1.54, 1.807) is 7.11 Å². The van der Waals surface area contributed by atoms with Crippen molar-refractivity contribution in [3.05, 3.63) is 88.5 Å². The second-order valence-electron chi connectivity index (χ2n) is 9.96. The van der Waals surface area contributed by atoms with E-state index < -0.39 is 0 Å². The van der Waals surface area contributed by atoms with Crippen molar-refractivity contribution in [3.8, 4) is 11.5 Å². The van der Waals surface area contributed by atoms with Gasteiger partial charge in [0.05, 0.1) is 7.11 Å². The average molecular weight is 472 g/mol. The Bertz CT molecular complexity index is 1090. The van der Waals surface area contributed by atoms with Crippen molar-refractivity contribution < 1.29 is 9.84 Å². The summed E-state index contributed by atoms with van der Waals surface area (Å²) >= 11 is 0. The zero-order chi connectivity index (χ0) is 24.6. The second kappa shape index (κ2) is 12.2. The number of benzene rings is 3. The molecule has 35 heavy (non-hydrogen) atoms. The molecule has 4 rings (SSSR count). The van der Waals surface area contributed by atoms with Crippen LogP contribution in [0.15, 0.2) is 60.7 Å². The fourth-order valence-electron chi connectivity index (χ4n) is 5.43. The molecule has 3 heteroatoms. The fourth-order valence-corrected chi connectivity index (χ4v) is 5.43. The highest BCUT2D eigenvalue weighted by Gasteiger charge is 2.24. The Morgan fingerprint density at radius 1 is 0.886 bits per heavy atom. The topological polar surface area (TPSA) is 32.7 Å². The minimum absolute atomic E-state index is 0.372. The average Bonchev–Trinajstić information content (AvgIpc) is 2.90. The number of hydrogen-bond donors (Lipinski definition) is 1. The largest absolute Gasteiger partial charge is 0.508 e. The van der Waals surface area contributed by atoms with E-state index in [1.807, 2.05) is 12.1 Å². The van der Waals surface area contributed by atoms with Crippen LogP contribution in [-0.2, 0) is 25.8 Å². The molecule has 0 unspecified atom stereocenters. The molecular formula is C32H41NO2. The Labute approximate surface area is 211 Å². The van der Waals surface area contributed by atoms with Gasteiger partial charge in [0.2, 0.25) is 0 Å². The number of phenolic OH excluding ortho intramolecular Hbond substituents is 1. The summed E-state index contributed by atoms with van der Waals surface area (Å²) in [5.74, 6) is 1.75. The summed E-state index contributed by atoms with van der Waals surface area (Å²) in [5.41, 5.74) is 8.13. The van der Waals surface area contributed by atoms with E-state index in [2.05, 4.69) is 67.3 Å². The number of unbranched alkanes of at least 4 members (excludes halogenated alkanes) is 3. The molecule has 0 heterocycles. The first-order chi connectivity index (χ1) is 17.1. The third-order valence-corrected chi connectivity index (χ3v) is 7.53. The van der Waals surface area contributed by atoms with Crippen LogP contribution in [0, 0.1) is 0 Å². The molecule has 3 aromatic rings. The second-order valence-corrected chi connectivity index (χ2v) is 9.96. The van der Waals surface area contributed by atoms with Crippen molar-refractivity contribution in [1.82, 2.24) is 0 Å². The van der Waals surface area contributed by atoms with E-state index >= 15 is 0 Å². The van der Waals surface area contributed by atoms with Crippen molar-refractivity contribution in [2.45, 2.75) is 77.7 Å². The van der Waals surface area contributed by atoms with Crippen LogP contribution < -0.4 is 9.64 Å². The van der Waals surface area contributed by atoms with Crippen molar-refractivity contribution >= 4 is 5.69 Å². The van der Waals surface area contributed by atoms with E-state index in [0.29, 0.717) is 11.7 Å². The van der Waals surface area contributed by atoms with Crippen LogP contribution in [0.1, 0.15) is 79.7 Å². The maximum absolute atomic E-state index is 9.88. The van der Waals surface area contributed by atoms with Crippen LogP contribution >= 0.6 is 0 Å². The molecule has 0 amide bonds. The molecule has 3 nitrogen and oxygen atoms in total. The van der Waals surface area contributed by atoms with Gasteiger partial charge in [0.1, 0.15) is 11.5 Å². The predicted octanol–water partition coefficient (Wildman–Crippen LogP) is 7.82. The summed E-state index contributed by atoms with van der Waals surface area (Å²) in [6.45, 7) is 6.34. The molecule has 1 aliphatic rings. The van der Waals surface area contributed by atoms with Crippen molar-refractivity contribution in [3.63, 3.8) is 0 Å². The molecule has 3 aromatic carbocycles. The maximum Gasteiger partial charge on any atom is 0.120 e. The maximum atomic E-state index is 9.88. The number of methoxy groups -OCH3 is 1. The number of aryl methyl sites for hydroxylation is 2. The molecule has 1 atom stereocenters. The Balaban J connectivity index is 1.53. The van der Waals surface area contributed by atoms with Gasteiger partial charge in [0.15, 0.2) is 0 Å². The van der Waals surface area contributed by atoms with Crippen molar-refractivity contribution in [2.75, 3.05) is 18.6 Å². The number of nitrogens with zero attached hydrogens (tertiary/aromatic N) is 1. The van der Waals surface area contributed by atoms with Crippen LogP contribution in [0.25, 0.3) is 0 Å². The van der Waals surface area contributed by atoms with Gasteiger partial charge in [-0.2, -0.15) is 0 Å². The van der Waals surface area contributed by atoms with Crippen LogP contribution in [0.2, 0.25) is 0 Å². The molecule has 0 aromatic heterocycles. The number of anilines is 1. The smallest absolute Gasteiger partial charge is 0.120 e. The number of hydrogen-bond acceptors (Lipinski definition) is 3. The highest BCUT2D eigenvalue weighted by molar-refractivity contribution is 5.60. The normalized spacial score (nSPS) is 15.0. The number of ether oxygens (including phenoxy) is 1. The van der Waals surface area contributed by atoms with Gasteiger partial charge in [0.25, 0.3) is 0 Å². The molecule has 0 saturated heterocycles. The third-order valence-electron chi connectivity index (χ3n) is 7.53. The lowest BCUT2D eigenvalue weighted by atomic mass is 9.79. The minimum Gasteiger partial charge on any atom is -0.508 e. The quantitative estimate of drug-likeness (QED) is 0.289. The Kier molecular flexibility index (Phi) is 8.74. The molecule has 0 saturated carbocycles. The molecule has 1 N–H and O–H groups in total. The highest BCUT2D eigenvalue weighted by Crippen LogP contribution is 2.40. The van der Waals surface area contributed by atoms with Crippen LogP contribution in [0.4, 0.5) is 5.69 Å². The fraction of sp³-hybridized carbons (Fsp3) is 0.438. The number of phenols is 1. The first-order valence-electron chi connectivity index (χ1n) is 13.4. The van der Waals surface area contributed by atoms with Crippen LogP contribution in [0.5, 0.6) is 11.5 Å². The van der Waals surface area contributed by atoms with Crippen molar-refractivity contribution in [1.29, 1.82) is 0 Å². The van der Waals surface area contributed by atoms with E-state index in [4.69, 9.17) is 4.74 Å². The molecule has 0 fully saturated rings. The van der Waals surface area contributed by atoms with E-state index in [0.717, 1.165) is 38.1 Å². The van der Waals surface area contributed by atoms with Crippen LogP contribution in [-0.4, -0.2) is 18.8 Å². The van der Waals surface area contributed by atoms with Gasteiger partial charge >= 0.3 is 0 Å². The number of aromatic hydroxyl groups is 1. The molecule has 0 radical (unpaired) electrons. The molecule has 1 aliphatic carbocycles. The minimum atomic E-state index is 0.372. The highest BCUT2D eigenvalue weighted by atomic mass is 16.5. The lowest BCUT2D eigenvalue weighted by Gasteiger charge is -2.32. The van der Waals surface area contributed by atoms with E-state index in [-0.39, 0.29) is 0 Å². The molecule has 0 bridgehead atoms. The van der Waals surface area contributed by atoms with Gasteiger partial charge < -0.3 is 14.7 Å². The van der Waals surface area contributed by atoms with Gasteiger partial charge in [-0.05, 0) is 91.0 Å². The molecular weight excluding hydrogens is 430 g/mol. The lowest BCUT2D eigenvalue weighted by molar-refractivity contribution is 0.414. The van der Waals surface area contributed by atoms with E-state index in [1.165, 1.54) is 65.6 Å². The summed E-state index contributed by atoms with van der Waals surface area (Å²) in [5, 5.41) is 9.88. The Morgan fingerprint density at radius 3 is 2.43 bits per heavy atom. The van der Waals surface area contributed by atoms with Crippen molar-refractivity contribution in [2.24, 2.45) is 0 Å². The molecule has 0 spiro atoms. The summed E-state index contributed by atoms with van der Waals surface area (Å²) in [4.78, 5) is 2.49. The molecule has 0 aliphatic heterocycles. The SMILES string of the molecule is CCCCCCc1ccc(CN(CC)c2cc(OC)ccc2[C@@H]2CCc3cc(O)ccc3C2)cc1. The van der Waals surface area contributed by atoms with Gasteiger partial charge in [-0.3, -0.25) is 0 Å². The number of fused-ring (bicyclic) bond motifs is 1. The standard InChI is InChI=1S/C32H41NO2/c1-4-6-7-8-9-24-10-12-25(13-11-24)23-33(5-2)32-22-30(35-3)18-19-31(32)28-15-14-27-21-29(34)17-16-26(27)20-28/h10-13,16-19,21-22,28,34H,4-9,14-15,20,23H2,1-3H3/t28-/m1/s1. The predicted molar refractivity (Wildman–Crippen MR) is 147 cm³/mol. The Morgan fingerprint density at radius 2 is 1.69 bits per heavy atom. The summed E-state index contributed by atoms with van der Waals surface area (Å²) < 4.78 is 5.63. The van der Waals surface area contributed by atoms with Gasteiger partial charge in [-0.25, -0.2) is 0 Å². The molecule has 186 valence electrons. The number of rotatable bonds is 11. The van der Waals surface area contributed by atoms with Gasteiger partial charge in [-0.1, -0.05) is 62.6 Å². The Hall–Kier alpha value is -2.94. The monoisotopic (exact) mass is 471 g/mol. The van der Waals surface area contributed by atoms with Gasteiger partial charge in [-0.15, -0.1) is 0 Å². The zero-order valence-corrected chi connectivity index (χ0v) is 21.7. The lowest BCUT2D eigenvalue weighted by Crippen LogP contribution is -2.25. The first-order valence-corrected chi connectivity index (χ1v) is 13.4. The van der Waals surface area contributed by atoms with Gasteiger partial charge in [0, 0.05) is 24.8 Å². The summed E-state index contributed by atoms with van der Waals surface area (Å²) in [7, 11) is 1.75.